The van der Waals surface area contributed by atoms with Crippen molar-refractivity contribution < 1.29 is 9.90 Å². The molecule has 0 radical (unpaired) electrons. The SMILES string of the molecule is CCCCC(C(=O)NC1C2CC3CC1CC(O)(C3)C2)C(C)C. The topological polar surface area (TPSA) is 49.3 Å². The minimum Gasteiger partial charge on any atom is -0.390 e. The third kappa shape index (κ3) is 3.06. The molecule has 0 aromatic rings. The van der Waals surface area contributed by atoms with Gasteiger partial charge in [-0.15, -0.1) is 0 Å². The van der Waals surface area contributed by atoms with Crippen LogP contribution in [0.2, 0.25) is 0 Å². The van der Waals surface area contributed by atoms with E-state index < -0.39 is 5.60 Å². The number of amides is 1. The van der Waals surface area contributed by atoms with Crippen molar-refractivity contribution in [3.8, 4) is 0 Å². The molecule has 0 aromatic heterocycles. The molecule has 0 aliphatic heterocycles. The lowest BCUT2D eigenvalue weighted by Gasteiger charge is -2.58. The van der Waals surface area contributed by atoms with Gasteiger partial charge >= 0.3 is 0 Å². The summed E-state index contributed by atoms with van der Waals surface area (Å²) in [5.41, 5.74) is -0.405. The molecule has 4 aliphatic rings. The Labute approximate surface area is 135 Å². The Bertz CT molecular complexity index is 404. The lowest BCUT2D eigenvalue weighted by Crippen LogP contribution is -2.62. The van der Waals surface area contributed by atoms with Gasteiger partial charge in [0.2, 0.25) is 5.91 Å². The molecule has 4 rings (SSSR count). The van der Waals surface area contributed by atoms with Crippen LogP contribution in [-0.2, 0) is 4.79 Å². The summed E-state index contributed by atoms with van der Waals surface area (Å²) >= 11 is 0. The van der Waals surface area contributed by atoms with Gasteiger partial charge in [0.1, 0.15) is 0 Å². The van der Waals surface area contributed by atoms with E-state index in [4.69, 9.17) is 0 Å². The molecule has 3 atom stereocenters. The lowest BCUT2D eigenvalue weighted by molar-refractivity contribution is -0.149. The molecule has 4 saturated carbocycles. The van der Waals surface area contributed by atoms with Crippen LogP contribution < -0.4 is 5.32 Å². The summed E-state index contributed by atoms with van der Waals surface area (Å²) in [4.78, 5) is 12.8. The van der Waals surface area contributed by atoms with Crippen LogP contribution in [0.15, 0.2) is 0 Å². The summed E-state index contributed by atoms with van der Waals surface area (Å²) in [5.74, 6) is 2.57. The van der Waals surface area contributed by atoms with E-state index in [0.29, 0.717) is 29.7 Å². The van der Waals surface area contributed by atoms with Crippen molar-refractivity contribution in [2.24, 2.45) is 29.6 Å². The predicted octanol–water partition coefficient (Wildman–Crippen LogP) is 3.50. The van der Waals surface area contributed by atoms with E-state index in [1.54, 1.807) is 0 Å². The quantitative estimate of drug-likeness (QED) is 0.789. The molecule has 4 fully saturated rings. The number of unbranched alkanes of at least 4 members (excludes halogenated alkanes) is 1. The summed E-state index contributed by atoms with van der Waals surface area (Å²) in [6.07, 6.45) is 8.55. The van der Waals surface area contributed by atoms with Gasteiger partial charge in [0, 0.05) is 12.0 Å². The molecule has 3 unspecified atom stereocenters. The maximum atomic E-state index is 12.8. The Hall–Kier alpha value is -0.570. The van der Waals surface area contributed by atoms with Gasteiger partial charge in [0.25, 0.3) is 0 Å². The van der Waals surface area contributed by atoms with Crippen LogP contribution in [0.5, 0.6) is 0 Å². The molecule has 3 nitrogen and oxygen atoms in total. The number of nitrogens with one attached hydrogen (secondary N) is 1. The first-order valence-corrected chi connectivity index (χ1v) is 9.44. The molecule has 1 amide bonds. The lowest BCUT2D eigenvalue weighted by atomic mass is 9.52. The third-order valence-electron chi connectivity index (χ3n) is 6.56. The molecule has 3 heteroatoms. The Morgan fingerprint density at radius 1 is 1.23 bits per heavy atom. The summed E-state index contributed by atoms with van der Waals surface area (Å²) in [5, 5.41) is 14.1. The molecule has 0 heterocycles. The predicted molar refractivity (Wildman–Crippen MR) is 88.3 cm³/mol. The minimum atomic E-state index is -0.405. The van der Waals surface area contributed by atoms with E-state index >= 15 is 0 Å². The second-order valence-electron chi connectivity index (χ2n) is 8.72. The molecule has 0 spiro atoms. The number of carbonyl (C=O) groups excluding carboxylic acids is 1. The van der Waals surface area contributed by atoms with Gasteiger partial charge < -0.3 is 10.4 Å². The van der Waals surface area contributed by atoms with Crippen molar-refractivity contribution in [3.63, 3.8) is 0 Å². The molecule has 0 saturated heterocycles. The Morgan fingerprint density at radius 3 is 2.36 bits per heavy atom. The van der Waals surface area contributed by atoms with Gasteiger partial charge in [0.05, 0.1) is 5.60 Å². The van der Waals surface area contributed by atoms with Crippen LogP contribution in [-0.4, -0.2) is 22.7 Å². The fourth-order valence-electron chi connectivity index (χ4n) is 5.68. The zero-order valence-electron chi connectivity index (χ0n) is 14.5. The Morgan fingerprint density at radius 2 is 1.86 bits per heavy atom. The molecule has 0 aromatic carbocycles. The van der Waals surface area contributed by atoms with Crippen molar-refractivity contribution in [1.82, 2.24) is 5.32 Å². The highest BCUT2D eigenvalue weighted by atomic mass is 16.3. The van der Waals surface area contributed by atoms with Crippen LogP contribution in [0.4, 0.5) is 0 Å². The van der Waals surface area contributed by atoms with E-state index in [1.165, 1.54) is 12.8 Å². The van der Waals surface area contributed by atoms with E-state index in [9.17, 15) is 9.90 Å². The average Bonchev–Trinajstić information content (AvgIpc) is 2.41. The molecule has 126 valence electrons. The van der Waals surface area contributed by atoms with Crippen LogP contribution in [0.25, 0.3) is 0 Å². The number of rotatable bonds is 6. The fourth-order valence-corrected chi connectivity index (χ4v) is 5.68. The molecule has 22 heavy (non-hydrogen) atoms. The van der Waals surface area contributed by atoms with Crippen LogP contribution >= 0.6 is 0 Å². The maximum absolute atomic E-state index is 12.8. The molecule has 4 bridgehead atoms. The van der Waals surface area contributed by atoms with Crippen molar-refractivity contribution in [3.05, 3.63) is 0 Å². The van der Waals surface area contributed by atoms with Crippen molar-refractivity contribution in [1.29, 1.82) is 0 Å². The number of carbonyl (C=O) groups is 1. The first-order chi connectivity index (χ1) is 10.4. The van der Waals surface area contributed by atoms with Gasteiger partial charge in [-0.25, -0.2) is 0 Å². The standard InChI is InChI=1S/C19H33NO2/c1-4-5-6-16(12(2)3)18(21)20-17-14-7-13-8-15(17)11-19(22,9-13)10-14/h12-17,22H,4-11H2,1-3H3,(H,20,21). The van der Waals surface area contributed by atoms with Crippen LogP contribution in [0.3, 0.4) is 0 Å². The van der Waals surface area contributed by atoms with E-state index in [-0.39, 0.29) is 11.8 Å². The number of hydrogen-bond acceptors (Lipinski definition) is 2. The fraction of sp³-hybridized carbons (Fsp3) is 0.947. The van der Waals surface area contributed by atoms with Crippen molar-refractivity contribution in [2.45, 2.75) is 83.8 Å². The van der Waals surface area contributed by atoms with Gasteiger partial charge in [0.15, 0.2) is 0 Å². The Balaban J connectivity index is 1.64. The summed E-state index contributed by atoms with van der Waals surface area (Å²) < 4.78 is 0. The van der Waals surface area contributed by atoms with E-state index in [0.717, 1.165) is 38.5 Å². The maximum Gasteiger partial charge on any atom is 0.223 e. The largest absolute Gasteiger partial charge is 0.390 e. The van der Waals surface area contributed by atoms with Gasteiger partial charge in [-0.1, -0.05) is 33.6 Å². The van der Waals surface area contributed by atoms with E-state index in [2.05, 4.69) is 26.1 Å². The number of hydrogen-bond donors (Lipinski definition) is 2. The monoisotopic (exact) mass is 307 g/mol. The highest BCUT2D eigenvalue weighted by molar-refractivity contribution is 5.79. The van der Waals surface area contributed by atoms with Crippen molar-refractivity contribution in [2.75, 3.05) is 0 Å². The first-order valence-electron chi connectivity index (χ1n) is 9.44. The van der Waals surface area contributed by atoms with E-state index in [1.807, 2.05) is 0 Å². The summed E-state index contributed by atoms with van der Waals surface area (Å²) in [7, 11) is 0. The van der Waals surface area contributed by atoms with Crippen LogP contribution in [0.1, 0.15) is 72.1 Å². The first kappa shape index (κ1) is 16.3. The summed E-state index contributed by atoms with van der Waals surface area (Å²) in [6.45, 7) is 6.52. The zero-order valence-corrected chi connectivity index (χ0v) is 14.5. The molecule has 2 N–H and O–H groups in total. The second-order valence-corrected chi connectivity index (χ2v) is 8.72. The molecular formula is C19H33NO2. The second kappa shape index (κ2) is 6.14. The zero-order chi connectivity index (χ0) is 15.9. The van der Waals surface area contributed by atoms with Gasteiger partial charge in [-0.3, -0.25) is 4.79 Å². The molecular weight excluding hydrogens is 274 g/mol. The highest BCUT2D eigenvalue weighted by Gasteiger charge is 2.55. The van der Waals surface area contributed by atoms with Crippen molar-refractivity contribution >= 4 is 5.91 Å². The summed E-state index contributed by atoms with van der Waals surface area (Å²) in [6, 6.07) is 0.326. The average molecular weight is 307 g/mol. The smallest absolute Gasteiger partial charge is 0.223 e. The van der Waals surface area contributed by atoms with Gasteiger partial charge in [-0.05, 0) is 62.2 Å². The highest BCUT2D eigenvalue weighted by Crippen LogP contribution is 2.55. The minimum absolute atomic E-state index is 0.153. The third-order valence-corrected chi connectivity index (χ3v) is 6.56. The number of aliphatic hydroxyl groups is 1. The molecule has 4 aliphatic carbocycles. The van der Waals surface area contributed by atoms with Crippen LogP contribution in [0, 0.1) is 29.6 Å². The normalized spacial score (nSPS) is 41.0. The van der Waals surface area contributed by atoms with Gasteiger partial charge in [-0.2, -0.15) is 0 Å². The Kier molecular flexibility index (Phi) is 4.55.